The lowest BCUT2D eigenvalue weighted by Gasteiger charge is -2.19. The first-order valence-electron chi connectivity index (χ1n) is 4.36. The highest BCUT2D eigenvalue weighted by Gasteiger charge is 2.24. The van der Waals surface area contributed by atoms with E-state index < -0.39 is 15.9 Å². The normalized spacial score (nSPS) is 11.2. The van der Waals surface area contributed by atoms with Gasteiger partial charge in [-0.1, -0.05) is 11.6 Å². The number of amides is 1. The van der Waals surface area contributed by atoms with E-state index in [1.165, 1.54) is 12.3 Å². The number of carbonyl (C=O) groups excluding carboxylic acids is 1. The van der Waals surface area contributed by atoms with Crippen LogP contribution in [0.2, 0.25) is 5.02 Å². The SMILES string of the molecule is CC(=O)N(c1cc(C)ncc1Cl)S(C)(=O)=O. The lowest BCUT2D eigenvalue weighted by molar-refractivity contribution is -0.115. The Morgan fingerprint density at radius 1 is 1.50 bits per heavy atom. The van der Waals surface area contributed by atoms with Crippen LogP contribution in [0, 0.1) is 6.92 Å². The van der Waals surface area contributed by atoms with Crippen molar-refractivity contribution in [2.45, 2.75) is 13.8 Å². The second-order valence-corrected chi connectivity index (χ2v) is 5.56. The number of sulfonamides is 1. The van der Waals surface area contributed by atoms with Crippen molar-refractivity contribution in [3.8, 4) is 0 Å². The summed E-state index contributed by atoms with van der Waals surface area (Å²) >= 11 is 5.82. The third-order valence-corrected chi connectivity index (χ3v) is 3.22. The molecule has 1 heterocycles. The van der Waals surface area contributed by atoms with Crippen molar-refractivity contribution < 1.29 is 13.2 Å². The molecule has 1 aromatic rings. The number of hydrogen-bond donors (Lipinski definition) is 0. The Morgan fingerprint density at radius 2 is 2.06 bits per heavy atom. The molecule has 88 valence electrons. The zero-order chi connectivity index (χ0) is 12.5. The van der Waals surface area contributed by atoms with Crippen molar-refractivity contribution in [1.82, 2.24) is 4.98 Å². The maximum atomic E-state index is 11.5. The molecule has 1 amide bonds. The molecular formula is C9H11ClN2O3S. The van der Waals surface area contributed by atoms with Crippen LogP contribution < -0.4 is 4.31 Å². The molecule has 0 bridgehead atoms. The predicted molar refractivity (Wildman–Crippen MR) is 62.0 cm³/mol. The van der Waals surface area contributed by atoms with Crippen molar-refractivity contribution in [1.29, 1.82) is 0 Å². The van der Waals surface area contributed by atoms with Gasteiger partial charge in [-0.3, -0.25) is 9.78 Å². The molecular weight excluding hydrogens is 252 g/mol. The number of aryl methyl sites for hydroxylation is 1. The molecule has 7 heteroatoms. The fraction of sp³-hybridized carbons (Fsp3) is 0.333. The molecule has 0 saturated heterocycles. The first-order valence-corrected chi connectivity index (χ1v) is 6.59. The van der Waals surface area contributed by atoms with E-state index in [4.69, 9.17) is 11.6 Å². The van der Waals surface area contributed by atoms with Gasteiger partial charge in [0.15, 0.2) is 0 Å². The average molecular weight is 263 g/mol. The van der Waals surface area contributed by atoms with E-state index in [0.717, 1.165) is 13.2 Å². The summed E-state index contributed by atoms with van der Waals surface area (Å²) in [4.78, 5) is 15.2. The van der Waals surface area contributed by atoms with Gasteiger partial charge in [0.05, 0.1) is 17.0 Å². The monoisotopic (exact) mass is 262 g/mol. The first-order chi connectivity index (χ1) is 7.23. The molecule has 0 fully saturated rings. The zero-order valence-corrected chi connectivity index (χ0v) is 10.6. The Morgan fingerprint density at radius 3 is 2.50 bits per heavy atom. The highest BCUT2D eigenvalue weighted by Crippen LogP contribution is 2.27. The van der Waals surface area contributed by atoms with Crippen LogP contribution in [0.4, 0.5) is 5.69 Å². The molecule has 0 aromatic carbocycles. The third-order valence-electron chi connectivity index (χ3n) is 1.81. The molecule has 5 nitrogen and oxygen atoms in total. The second kappa shape index (κ2) is 4.39. The summed E-state index contributed by atoms with van der Waals surface area (Å²) in [5, 5.41) is 0.117. The minimum absolute atomic E-state index is 0.117. The second-order valence-electron chi connectivity index (χ2n) is 3.32. The van der Waals surface area contributed by atoms with Gasteiger partial charge >= 0.3 is 0 Å². The molecule has 0 aliphatic heterocycles. The molecule has 1 rings (SSSR count). The fourth-order valence-corrected chi connectivity index (χ4v) is 2.48. The Balaban J connectivity index is 3.44. The van der Waals surface area contributed by atoms with Crippen LogP contribution in [-0.2, 0) is 14.8 Å². The largest absolute Gasteiger partial charge is 0.274 e. The van der Waals surface area contributed by atoms with Crippen molar-refractivity contribution >= 4 is 33.2 Å². The van der Waals surface area contributed by atoms with E-state index in [1.807, 2.05) is 0 Å². The molecule has 0 saturated carbocycles. The summed E-state index contributed by atoms with van der Waals surface area (Å²) < 4.78 is 23.6. The number of nitrogens with zero attached hydrogens (tertiary/aromatic N) is 2. The number of hydrogen-bond acceptors (Lipinski definition) is 4. The van der Waals surface area contributed by atoms with Crippen molar-refractivity contribution in [2.75, 3.05) is 10.6 Å². The number of halogens is 1. The van der Waals surface area contributed by atoms with Gasteiger partial charge in [0.25, 0.3) is 0 Å². The number of aromatic nitrogens is 1. The summed E-state index contributed by atoms with van der Waals surface area (Å²) in [6.07, 6.45) is 2.26. The van der Waals surface area contributed by atoms with Crippen LogP contribution in [0.25, 0.3) is 0 Å². The summed E-state index contributed by atoms with van der Waals surface area (Å²) in [6, 6.07) is 1.45. The summed E-state index contributed by atoms with van der Waals surface area (Å²) in [7, 11) is -3.68. The smallest absolute Gasteiger partial charge is 0.238 e. The predicted octanol–water partition coefficient (Wildman–Crippen LogP) is 1.36. The maximum absolute atomic E-state index is 11.5. The molecule has 0 N–H and O–H groups in total. The van der Waals surface area contributed by atoms with Crippen LogP contribution in [0.15, 0.2) is 12.3 Å². The van der Waals surface area contributed by atoms with Crippen molar-refractivity contribution in [2.24, 2.45) is 0 Å². The Hall–Kier alpha value is -1.14. The highest BCUT2D eigenvalue weighted by molar-refractivity contribution is 7.92. The van der Waals surface area contributed by atoms with Gasteiger partial charge in [-0.15, -0.1) is 0 Å². The topological polar surface area (TPSA) is 67.3 Å². The van der Waals surface area contributed by atoms with E-state index in [0.29, 0.717) is 10.00 Å². The van der Waals surface area contributed by atoms with Crippen molar-refractivity contribution in [3.63, 3.8) is 0 Å². The van der Waals surface area contributed by atoms with Gasteiger partial charge in [0, 0.05) is 18.8 Å². The van der Waals surface area contributed by atoms with Crippen molar-refractivity contribution in [3.05, 3.63) is 23.0 Å². The highest BCUT2D eigenvalue weighted by atomic mass is 35.5. The number of pyridine rings is 1. The molecule has 0 radical (unpaired) electrons. The lowest BCUT2D eigenvalue weighted by atomic mass is 10.3. The minimum atomic E-state index is -3.68. The molecule has 0 atom stereocenters. The standard InChI is InChI=1S/C9H11ClN2O3S/c1-6-4-9(8(10)5-11-6)12(7(2)13)16(3,14)15/h4-5H,1-3H3. The minimum Gasteiger partial charge on any atom is -0.274 e. The Bertz CT molecular complexity index is 528. The quantitative estimate of drug-likeness (QED) is 0.807. The Labute approximate surface area is 99.1 Å². The molecule has 0 aliphatic rings. The fourth-order valence-electron chi connectivity index (χ4n) is 1.27. The van der Waals surface area contributed by atoms with Crippen LogP contribution >= 0.6 is 11.6 Å². The van der Waals surface area contributed by atoms with Crippen LogP contribution in [-0.4, -0.2) is 25.6 Å². The number of carbonyl (C=O) groups is 1. The van der Waals surface area contributed by atoms with Gasteiger partial charge in [0.2, 0.25) is 15.9 Å². The van der Waals surface area contributed by atoms with Gasteiger partial charge in [-0.25, -0.2) is 12.7 Å². The third kappa shape index (κ3) is 2.70. The number of anilines is 1. The van der Waals surface area contributed by atoms with E-state index in [2.05, 4.69) is 4.98 Å². The Kier molecular flexibility index (Phi) is 3.54. The number of rotatable bonds is 2. The van der Waals surface area contributed by atoms with E-state index in [1.54, 1.807) is 6.92 Å². The van der Waals surface area contributed by atoms with Gasteiger partial charge < -0.3 is 0 Å². The van der Waals surface area contributed by atoms with Gasteiger partial charge in [-0.05, 0) is 13.0 Å². The lowest BCUT2D eigenvalue weighted by Crippen LogP contribution is -2.34. The van der Waals surface area contributed by atoms with E-state index >= 15 is 0 Å². The molecule has 0 unspecified atom stereocenters. The summed E-state index contributed by atoms with van der Waals surface area (Å²) in [6.45, 7) is 2.84. The average Bonchev–Trinajstić information content (AvgIpc) is 2.08. The van der Waals surface area contributed by atoms with Gasteiger partial charge in [-0.2, -0.15) is 0 Å². The van der Waals surface area contributed by atoms with Crippen LogP contribution in [0.3, 0.4) is 0 Å². The van der Waals surface area contributed by atoms with E-state index in [-0.39, 0.29) is 10.7 Å². The molecule has 16 heavy (non-hydrogen) atoms. The van der Waals surface area contributed by atoms with Gasteiger partial charge in [0.1, 0.15) is 0 Å². The van der Waals surface area contributed by atoms with Crippen LogP contribution in [0.5, 0.6) is 0 Å². The molecule has 0 spiro atoms. The summed E-state index contributed by atoms with van der Waals surface area (Å²) in [5.74, 6) is -0.616. The van der Waals surface area contributed by atoms with E-state index in [9.17, 15) is 13.2 Å². The summed E-state index contributed by atoms with van der Waals surface area (Å²) in [5.41, 5.74) is 0.707. The maximum Gasteiger partial charge on any atom is 0.238 e. The first kappa shape index (κ1) is 12.9. The molecule has 1 aromatic heterocycles. The van der Waals surface area contributed by atoms with Crippen LogP contribution in [0.1, 0.15) is 12.6 Å². The molecule has 0 aliphatic carbocycles. The zero-order valence-electron chi connectivity index (χ0n) is 9.06.